The van der Waals surface area contributed by atoms with Crippen LogP contribution in [0.25, 0.3) is 0 Å². The Morgan fingerprint density at radius 3 is 2.64 bits per heavy atom. The molecule has 1 atom stereocenters. The second kappa shape index (κ2) is 8.10. The van der Waals surface area contributed by atoms with Gasteiger partial charge in [0.25, 0.3) is 5.91 Å². The summed E-state index contributed by atoms with van der Waals surface area (Å²) >= 11 is 0. The lowest BCUT2D eigenvalue weighted by atomic mass is 9.97. The lowest BCUT2D eigenvalue weighted by Gasteiger charge is -2.19. The normalized spacial score (nSPS) is 12.8. The van der Waals surface area contributed by atoms with Crippen molar-refractivity contribution in [2.75, 3.05) is 20.3 Å². The Morgan fingerprint density at radius 1 is 1.41 bits per heavy atom. The van der Waals surface area contributed by atoms with Crippen LogP contribution in [0.2, 0.25) is 0 Å². The number of ether oxygens (including phenoxy) is 1. The van der Waals surface area contributed by atoms with Gasteiger partial charge in [-0.3, -0.25) is 4.79 Å². The van der Waals surface area contributed by atoms with E-state index in [2.05, 4.69) is 10.3 Å². The minimum Gasteiger partial charge on any atom is -0.494 e. The summed E-state index contributed by atoms with van der Waals surface area (Å²) in [4.78, 5) is 16.6. The fourth-order valence-electron chi connectivity index (χ4n) is 1.79. The molecule has 3 N–H and O–H groups in total. The number of hydrogen-bond donors (Lipinski definition) is 3. The van der Waals surface area contributed by atoms with Crippen LogP contribution in [0, 0.1) is 5.41 Å². The molecule has 0 fully saturated rings. The highest BCUT2D eigenvalue weighted by atomic mass is 16.5. The van der Waals surface area contributed by atoms with Crippen molar-refractivity contribution in [3.05, 3.63) is 23.5 Å². The van der Waals surface area contributed by atoms with Crippen molar-refractivity contribution in [1.82, 2.24) is 10.3 Å². The molecule has 0 spiro atoms. The first-order valence-electron chi connectivity index (χ1n) is 7.38. The van der Waals surface area contributed by atoms with Crippen LogP contribution >= 0.6 is 0 Å². The van der Waals surface area contributed by atoms with Gasteiger partial charge in [-0.25, -0.2) is 4.98 Å². The maximum absolute atomic E-state index is 12.3. The van der Waals surface area contributed by atoms with Crippen LogP contribution in [0.3, 0.4) is 0 Å². The highest BCUT2D eigenvalue weighted by Gasteiger charge is 2.18. The van der Waals surface area contributed by atoms with Crippen molar-refractivity contribution in [2.45, 2.75) is 39.7 Å². The maximum Gasteiger partial charge on any atom is 0.273 e. The van der Waals surface area contributed by atoms with E-state index in [4.69, 9.17) is 9.84 Å². The number of rotatable bonds is 7. The van der Waals surface area contributed by atoms with Crippen molar-refractivity contribution in [3.8, 4) is 5.75 Å². The molecule has 22 heavy (non-hydrogen) atoms. The van der Waals surface area contributed by atoms with Crippen LogP contribution in [0.5, 0.6) is 5.75 Å². The summed E-state index contributed by atoms with van der Waals surface area (Å²) in [6.45, 7) is 6.35. The SMILES string of the molecule is COc1ccc(CCC(O)CO)nc1C(=O)NCC(C)(C)C. The van der Waals surface area contributed by atoms with E-state index < -0.39 is 6.10 Å². The summed E-state index contributed by atoms with van der Waals surface area (Å²) in [5.74, 6) is 0.134. The number of aryl methyl sites for hydroxylation is 1. The maximum atomic E-state index is 12.3. The average Bonchev–Trinajstić information content (AvgIpc) is 2.49. The standard InChI is InChI=1S/C16H26N2O4/c1-16(2,3)10-17-15(21)14-13(22-4)8-6-11(18-14)5-7-12(20)9-19/h6,8,12,19-20H,5,7,9-10H2,1-4H3,(H,17,21). The lowest BCUT2D eigenvalue weighted by Crippen LogP contribution is -2.33. The fourth-order valence-corrected chi connectivity index (χ4v) is 1.79. The largest absolute Gasteiger partial charge is 0.494 e. The Kier molecular flexibility index (Phi) is 6.77. The Hall–Kier alpha value is -1.66. The molecule has 6 nitrogen and oxygen atoms in total. The van der Waals surface area contributed by atoms with Crippen LogP contribution in [0.4, 0.5) is 0 Å². The third-order valence-corrected chi connectivity index (χ3v) is 3.07. The Balaban J connectivity index is 2.84. The van der Waals surface area contributed by atoms with Crippen molar-refractivity contribution >= 4 is 5.91 Å². The molecule has 1 unspecified atom stereocenters. The second-order valence-corrected chi connectivity index (χ2v) is 6.47. The van der Waals surface area contributed by atoms with Crippen molar-refractivity contribution < 1.29 is 19.7 Å². The van der Waals surface area contributed by atoms with Gasteiger partial charge in [0.1, 0.15) is 5.75 Å². The molecule has 1 aromatic rings. The monoisotopic (exact) mass is 310 g/mol. The molecule has 0 saturated heterocycles. The molecule has 0 bridgehead atoms. The number of pyridine rings is 1. The number of methoxy groups -OCH3 is 1. The molecule has 0 aliphatic heterocycles. The fraction of sp³-hybridized carbons (Fsp3) is 0.625. The Morgan fingerprint density at radius 2 is 2.09 bits per heavy atom. The Labute approximate surface area is 131 Å². The molecule has 1 heterocycles. The van der Waals surface area contributed by atoms with E-state index in [0.717, 1.165) is 0 Å². The average molecular weight is 310 g/mol. The third-order valence-electron chi connectivity index (χ3n) is 3.07. The minimum atomic E-state index is -0.776. The van der Waals surface area contributed by atoms with Gasteiger partial charge in [-0.2, -0.15) is 0 Å². The summed E-state index contributed by atoms with van der Waals surface area (Å²) in [5, 5.41) is 21.1. The molecule has 0 radical (unpaired) electrons. The van der Waals surface area contributed by atoms with E-state index in [1.165, 1.54) is 7.11 Å². The third kappa shape index (κ3) is 5.99. The van der Waals surface area contributed by atoms with E-state index in [9.17, 15) is 9.90 Å². The predicted molar refractivity (Wildman–Crippen MR) is 84.0 cm³/mol. The van der Waals surface area contributed by atoms with Crippen LogP contribution in [0.15, 0.2) is 12.1 Å². The van der Waals surface area contributed by atoms with Gasteiger partial charge >= 0.3 is 0 Å². The number of carbonyl (C=O) groups excluding carboxylic acids is 1. The Bertz CT molecular complexity index is 497. The zero-order chi connectivity index (χ0) is 16.8. The molecule has 124 valence electrons. The smallest absolute Gasteiger partial charge is 0.273 e. The lowest BCUT2D eigenvalue weighted by molar-refractivity contribution is 0.0882. The van der Waals surface area contributed by atoms with Crippen LogP contribution in [0.1, 0.15) is 43.4 Å². The summed E-state index contributed by atoms with van der Waals surface area (Å²) in [7, 11) is 1.49. The van der Waals surface area contributed by atoms with E-state index in [1.807, 2.05) is 20.8 Å². The number of aliphatic hydroxyl groups excluding tert-OH is 2. The predicted octanol–water partition coefficient (Wildman–Crippen LogP) is 1.15. The summed E-state index contributed by atoms with van der Waals surface area (Å²) in [6.07, 6.45) is 0.0894. The quantitative estimate of drug-likeness (QED) is 0.703. The highest BCUT2D eigenvalue weighted by molar-refractivity contribution is 5.95. The van der Waals surface area contributed by atoms with Crippen LogP contribution < -0.4 is 10.1 Å². The number of carbonyl (C=O) groups is 1. The van der Waals surface area contributed by atoms with E-state index in [0.29, 0.717) is 30.8 Å². The van der Waals surface area contributed by atoms with E-state index in [-0.39, 0.29) is 23.6 Å². The number of nitrogens with zero attached hydrogens (tertiary/aromatic N) is 1. The number of aliphatic hydroxyl groups is 2. The van der Waals surface area contributed by atoms with Crippen LogP contribution in [-0.2, 0) is 6.42 Å². The molecule has 1 amide bonds. The molecule has 0 aromatic carbocycles. The first kappa shape index (κ1) is 18.4. The molecule has 1 aromatic heterocycles. The first-order valence-corrected chi connectivity index (χ1v) is 7.38. The van der Waals surface area contributed by atoms with Gasteiger partial charge in [0.2, 0.25) is 0 Å². The molecule has 0 aliphatic carbocycles. The zero-order valence-electron chi connectivity index (χ0n) is 13.7. The van der Waals surface area contributed by atoms with Gasteiger partial charge in [-0.15, -0.1) is 0 Å². The summed E-state index contributed by atoms with van der Waals surface area (Å²) in [5.41, 5.74) is 0.892. The van der Waals surface area contributed by atoms with E-state index >= 15 is 0 Å². The zero-order valence-corrected chi connectivity index (χ0v) is 13.7. The van der Waals surface area contributed by atoms with Crippen molar-refractivity contribution in [3.63, 3.8) is 0 Å². The molecular formula is C16H26N2O4. The first-order chi connectivity index (χ1) is 10.3. The summed E-state index contributed by atoms with van der Waals surface area (Å²) in [6, 6.07) is 3.45. The van der Waals surface area contributed by atoms with Gasteiger partial charge in [0.15, 0.2) is 5.69 Å². The summed E-state index contributed by atoms with van der Waals surface area (Å²) < 4.78 is 5.19. The minimum absolute atomic E-state index is 0.0221. The molecule has 6 heteroatoms. The molecule has 1 rings (SSSR count). The second-order valence-electron chi connectivity index (χ2n) is 6.47. The number of nitrogens with one attached hydrogen (secondary N) is 1. The molecule has 0 aliphatic rings. The van der Waals surface area contributed by atoms with Crippen LogP contribution in [-0.4, -0.2) is 47.5 Å². The molecule has 0 saturated carbocycles. The number of hydrogen-bond acceptors (Lipinski definition) is 5. The van der Waals surface area contributed by atoms with Crippen molar-refractivity contribution in [1.29, 1.82) is 0 Å². The van der Waals surface area contributed by atoms with Crippen molar-refractivity contribution in [2.24, 2.45) is 5.41 Å². The van der Waals surface area contributed by atoms with Gasteiger partial charge in [0.05, 0.1) is 19.8 Å². The van der Waals surface area contributed by atoms with Gasteiger partial charge in [-0.05, 0) is 30.4 Å². The van der Waals surface area contributed by atoms with Gasteiger partial charge in [0, 0.05) is 12.2 Å². The topological polar surface area (TPSA) is 91.7 Å². The van der Waals surface area contributed by atoms with Gasteiger partial charge < -0.3 is 20.3 Å². The van der Waals surface area contributed by atoms with Gasteiger partial charge in [-0.1, -0.05) is 20.8 Å². The highest BCUT2D eigenvalue weighted by Crippen LogP contribution is 2.18. The number of aromatic nitrogens is 1. The van der Waals surface area contributed by atoms with E-state index in [1.54, 1.807) is 12.1 Å². The molecular weight excluding hydrogens is 284 g/mol. The number of amides is 1.